The fraction of sp³-hybridized carbons (Fsp3) is 0.0667. The first-order valence-corrected chi connectivity index (χ1v) is 7.36. The van der Waals surface area contributed by atoms with Crippen molar-refractivity contribution in [2.75, 3.05) is 0 Å². The van der Waals surface area contributed by atoms with Crippen molar-refractivity contribution in [3.05, 3.63) is 71.8 Å². The number of benzene rings is 2. The quantitative estimate of drug-likeness (QED) is 0.670. The van der Waals surface area contributed by atoms with Gasteiger partial charge in [0.2, 0.25) is 0 Å². The van der Waals surface area contributed by atoms with Gasteiger partial charge in [0.15, 0.2) is 5.60 Å². The normalized spacial score (nSPS) is 11.8. The van der Waals surface area contributed by atoms with E-state index in [-0.39, 0.29) is 0 Å². The molecule has 0 bridgehead atoms. The van der Waals surface area contributed by atoms with E-state index in [1.807, 2.05) is 0 Å². The van der Waals surface area contributed by atoms with Crippen molar-refractivity contribution < 1.29 is 18.9 Å². The van der Waals surface area contributed by atoms with Crippen LogP contribution in [0, 0.1) is 12.3 Å². The van der Waals surface area contributed by atoms with Crippen molar-refractivity contribution in [1.29, 1.82) is 0 Å². The molecule has 0 fully saturated rings. The molecular weight excluding hydrogens is 275 g/mol. The maximum Gasteiger partial charge on any atom is 0.471 e. The van der Waals surface area contributed by atoms with Crippen LogP contribution in [0.15, 0.2) is 60.7 Å². The van der Waals surface area contributed by atoms with Gasteiger partial charge < -0.3 is 9.79 Å². The Labute approximate surface area is 117 Å². The maximum absolute atomic E-state index is 11.3. The van der Waals surface area contributed by atoms with Gasteiger partial charge in [-0.3, -0.25) is 4.52 Å². The van der Waals surface area contributed by atoms with E-state index < -0.39 is 13.4 Å². The Bertz CT molecular complexity index is 616. The second kappa shape index (κ2) is 5.62. The third-order valence-corrected chi connectivity index (χ3v) is 3.33. The second-order valence-corrected chi connectivity index (χ2v) is 5.30. The van der Waals surface area contributed by atoms with Crippen LogP contribution in [0.1, 0.15) is 11.1 Å². The molecule has 0 spiro atoms. The van der Waals surface area contributed by atoms with Gasteiger partial charge in [0.05, 0.1) is 0 Å². The van der Waals surface area contributed by atoms with E-state index in [9.17, 15) is 14.4 Å². The standard InChI is InChI=1S/C15H13O4P/c1-2-15(19-20(16,17)18,13-9-5-3-6-10-13)14-11-7-4-8-12-14/h1,3-12H,(H2,16,17,18). The van der Waals surface area contributed by atoms with Gasteiger partial charge in [-0.15, -0.1) is 6.42 Å². The summed E-state index contributed by atoms with van der Waals surface area (Å²) in [5.74, 6) is 2.39. The molecule has 4 nitrogen and oxygen atoms in total. The molecule has 20 heavy (non-hydrogen) atoms. The zero-order chi connectivity index (χ0) is 14.6. The zero-order valence-electron chi connectivity index (χ0n) is 10.5. The number of phosphoric ester groups is 1. The summed E-state index contributed by atoms with van der Waals surface area (Å²) >= 11 is 0. The van der Waals surface area contributed by atoms with Crippen molar-refractivity contribution in [2.45, 2.75) is 5.60 Å². The average Bonchev–Trinajstić information content (AvgIpc) is 2.46. The van der Waals surface area contributed by atoms with Gasteiger partial charge in [0.1, 0.15) is 0 Å². The minimum absolute atomic E-state index is 0.483. The Morgan fingerprint density at radius 1 is 0.950 bits per heavy atom. The van der Waals surface area contributed by atoms with E-state index >= 15 is 0 Å². The minimum atomic E-state index is -4.78. The Hall–Kier alpha value is -1.89. The predicted molar refractivity (Wildman–Crippen MR) is 75.6 cm³/mol. The molecule has 0 aromatic heterocycles. The van der Waals surface area contributed by atoms with Crippen LogP contribution in [0.3, 0.4) is 0 Å². The number of hydrogen-bond donors (Lipinski definition) is 2. The van der Waals surface area contributed by atoms with Crippen molar-refractivity contribution in [3.8, 4) is 12.3 Å². The van der Waals surface area contributed by atoms with Crippen LogP contribution in [0.4, 0.5) is 0 Å². The molecule has 0 aliphatic carbocycles. The minimum Gasteiger partial charge on any atom is -0.303 e. The first-order chi connectivity index (χ1) is 9.48. The van der Waals surface area contributed by atoms with Crippen LogP contribution < -0.4 is 0 Å². The third-order valence-electron chi connectivity index (χ3n) is 2.82. The molecular formula is C15H13O4P. The molecule has 0 heterocycles. The summed E-state index contributed by atoms with van der Waals surface area (Å²) < 4.78 is 16.3. The van der Waals surface area contributed by atoms with Gasteiger partial charge in [-0.2, -0.15) is 0 Å². The lowest BCUT2D eigenvalue weighted by Crippen LogP contribution is -2.28. The summed E-state index contributed by atoms with van der Waals surface area (Å²) in [5.41, 5.74) is -0.657. The van der Waals surface area contributed by atoms with Crippen LogP contribution in [-0.2, 0) is 14.7 Å². The lowest BCUT2D eigenvalue weighted by molar-refractivity contribution is 0.111. The highest BCUT2D eigenvalue weighted by Crippen LogP contribution is 2.48. The first kappa shape index (κ1) is 14.5. The summed E-state index contributed by atoms with van der Waals surface area (Å²) in [4.78, 5) is 18.4. The lowest BCUT2D eigenvalue weighted by Gasteiger charge is -2.29. The van der Waals surface area contributed by atoms with Crippen LogP contribution in [-0.4, -0.2) is 9.79 Å². The molecule has 5 heteroatoms. The Morgan fingerprint density at radius 2 is 1.35 bits per heavy atom. The van der Waals surface area contributed by atoms with Crippen LogP contribution in [0.2, 0.25) is 0 Å². The SMILES string of the molecule is C#CC(OP(=O)(O)O)(c1ccccc1)c1ccccc1. The van der Waals surface area contributed by atoms with E-state index in [4.69, 9.17) is 10.9 Å². The number of terminal acetylenes is 1. The largest absolute Gasteiger partial charge is 0.471 e. The topological polar surface area (TPSA) is 66.8 Å². The predicted octanol–water partition coefficient (Wildman–Crippen LogP) is 2.67. The highest BCUT2D eigenvalue weighted by atomic mass is 31.2. The van der Waals surface area contributed by atoms with Crippen LogP contribution >= 0.6 is 7.82 Å². The van der Waals surface area contributed by atoms with Gasteiger partial charge in [0.25, 0.3) is 0 Å². The highest BCUT2D eigenvalue weighted by molar-refractivity contribution is 7.46. The molecule has 0 radical (unpaired) electrons. The molecule has 102 valence electrons. The van der Waals surface area contributed by atoms with Gasteiger partial charge >= 0.3 is 7.82 Å². The van der Waals surface area contributed by atoms with Crippen molar-refractivity contribution in [2.24, 2.45) is 0 Å². The van der Waals surface area contributed by atoms with Gasteiger partial charge in [-0.05, 0) is 0 Å². The summed E-state index contributed by atoms with van der Waals surface area (Å²) in [6.07, 6.45) is 5.56. The molecule has 0 unspecified atom stereocenters. The smallest absolute Gasteiger partial charge is 0.303 e. The summed E-state index contributed by atoms with van der Waals surface area (Å²) in [5, 5.41) is 0. The molecule has 2 aromatic rings. The maximum atomic E-state index is 11.3. The van der Waals surface area contributed by atoms with Crippen molar-refractivity contribution in [1.82, 2.24) is 0 Å². The molecule has 0 aliphatic rings. The summed E-state index contributed by atoms with van der Waals surface area (Å²) in [6.45, 7) is 0. The molecule has 2 N–H and O–H groups in total. The summed E-state index contributed by atoms with van der Waals surface area (Å²) in [6, 6.07) is 17.2. The molecule has 0 aliphatic heterocycles. The summed E-state index contributed by atoms with van der Waals surface area (Å²) in [7, 11) is -4.78. The Kier molecular flexibility index (Phi) is 4.08. The Balaban J connectivity index is 2.66. The molecule has 0 amide bonds. The van der Waals surface area contributed by atoms with E-state index in [1.54, 1.807) is 60.7 Å². The molecule has 0 saturated heterocycles. The average molecular weight is 288 g/mol. The monoisotopic (exact) mass is 288 g/mol. The second-order valence-electron chi connectivity index (χ2n) is 4.14. The van der Waals surface area contributed by atoms with E-state index in [0.29, 0.717) is 11.1 Å². The fourth-order valence-electron chi connectivity index (χ4n) is 1.99. The van der Waals surface area contributed by atoms with E-state index in [0.717, 1.165) is 0 Å². The number of phosphoric acid groups is 1. The zero-order valence-corrected chi connectivity index (χ0v) is 11.4. The third kappa shape index (κ3) is 2.98. The Morgan fingerprint density at radius 3 is 1.65 bits per heavy atom. The van der Waals surface area contributed by atoms with E-state index in [2.05, 4.69) is 5.92 Å². The molecule has 0 saturated carbocycles. The van der Waals surface area contributed by atoms with Crippen molar-refractivity contribution in [3.63, 3.8) is 0 Å². The fourth-order valence-corrected chi connectivity index (χ4v) is 2.61. The highest BCUT2D eigenvalue weighted by Gasteiger charge is 2.39. The molecule has 2 rings (SSSR count). The van der Waals surface area contributed by atoms with Gasteiger partial charge in [0, 0.05) is 11.1 Å². The van der Waals surface area contributed by atoms with Gasteiger partial charge in [-0.1, -0.05) is 66.6 Å². The number of rotatable bonds is 4. The van der Waals surface area contributed by atoms with Crippen molar-refractivity contribution >= 4 is 7.82 Å². The first-order valence-electron chi connectivity index (χ1n) is 5.83. The number of hydrogen-bond acceptors (Lipinski definition) is 2. The van der Waals surface area contributed by atoms with Gasteiger partial charge in [-0.25, -0.2) is 4.57 Å². The molecule has 2 aromatic carbocycles. The van der Waals surface area contributed by atoms with Crippen LogP contribution in [0.5, 0.6) is 0 Å². The lowest BCUT2D eigenvalue weighted by atomic mass is 9.87. The van der Waals surface area contributed by atoms with Crippen LogP contribution in [0.25, 0.3) is 0 Å². The molecule has 0 atom stereocenters. The van der Waals surface area contributed by atoms with E-state index in [1.165, 1.54) is 0 Å².